The number of rotatable bonds is 4. The van der Waals surface area contributed by atoms with Crippen LogP contribution in [-0.4, -0.2) is 7.05 Å². The van der Waals surface area contributed by atoms with Crippen molar-refractivity contribution in [2.45, 2.75) is 38.1 Å². The van der Waals surface area contributed by atoms with Gasteiger partial charge in [0.15, 0.2) is 0 Å². The molecule has 0 saturated heterocycles. The third-order valence-electron chi connectivity index (χ3n) is 5.62. The van der Waals surface area contributed by atoms with Crippen LogP contribution in [0.4, 0.5) is 4.39 Å². The number of nitrogens with one attached hydrogen (secondary N) is 1. The maximum atomic E-state index is 13.3. The van der Waals surface area contributed by atoms with Gasteiger partial charge < -0.3 is 5.32 Å². The highest BCUT2D eigenvalue weighted by Crippen LogP contribution is 2.51. The van der Waals surface area contributed by atoms with Gasteiger partial charge in [-0.15, -0.1) is 11.3 Å². The number of halogens is 1. The summed E-state index contributed by atoms with van der Waals surface area (Å²) in [5.41, 5.74) is 0. The van der Waals surface area contributed by atoms with E-state index in [2.05, 4.69) is 18.4 Å². The molecule has 0 amide bonds. The lowest BCUT2D eigenvalue weighted by atomic mass is 9.84. The van der Waals surface area contributed by atoms with Crippen LogP contribution in [0.5, 0.6) is 0 Å². The first-order chi connectivity index (χ1) is 10.2. The molecule has 2 aliphatic rings. The molecule has 21 heavy (non-hydrogen) atoms. The molecule has 1 heterocycles. The molecule has 1 N–H and O–H groups in total. The Balaban J connectivity index is 1.56. The summed E-state index contributed by atoms with van der Waals surface area (Å²) in [6.45, 7) is 0. The van der Waals surface area contributed by atoms with E-state index in [0.29, 0.717) is 6.04 Å². The average molecular weight is 303 g/mol. The molecule has 2 aliphatic carbocycles. The van der Waals surface area contributed by atoms with E-state index in [1.807, 2.05) is 6.07 Å². The normalized spacial score (nSPS) is 29.3. The standard InChI is InChI=1S/C18H22FNS/c1-20-16(8-14-7-11-2-3-12(14)6-11)18-9-13-4-5-15(19)10-17(13)21-18/h4-5,9-12,14,16,20H,2-3,6-8H2,1H3. The highest BCUT2D eigenvalue weighted by molar-refractivity contribution is 7.19. The molecule has 4 atom stereocenters. The van der Waals surface area contributed by atoms with Gasteiger partial charge in [0.05, 0.1) is 0 Å². The Hall–Kier alpha value is -0.930. The second kappa shape index (κ2) is 5.36. The number of thiophene rings is 1. The molecule has 2 fully saturated rings. The molecule has 1 aromatic heterocycles. The number of hydrogen-bond donors (Lipinski definition) is 1. The van der Waals surface area contributed by atoms with Crippen LogP contribution >= 0.6 is 11.3 Å². The minimum atomic E-state index is -0.134. The van der Waals surface area contributed by atoms with Crippen molar-refractivity contribution in [1.82, 2.24) is 5.32 Å². The molecule has 1 nitrogen and oxygen atoms in total. The van der Waals surface area contributed by atoms with Crippen molar-refractivity contribution in [3.63, 3.8) is 0 Å². The first-order valence-corrected chi connectivity index (χ1v) is 8.91. The Morgan fingerprint density at radius 3 is 2.90 bits per heavy atom. The van der Waals surface area contributed by atoms with Gasteiger partial charge >= 0.3 is 0 Å². The Labute approximate surface area is 129 Å². The zero-order valence-electron chi connectivity index (χ0n) is 12.4. The van der Waals surface area contributed by atoms with Gasteiger partial charge in [-0.1, -0.05) is 12.5 Å². The van der Waals surface area contributed by atoms with Crippen LogP contribution in [-0.2, 0) is 0 Å². The third-order valence-corrected chi connectivity index (χ3v) is 6.83. The monoisotopic (exact) mass is 303 g/mol. The van der Waals surface area contributed by atoms with Gasteiger partial charge in [0, 0.05) is 15.6 Å². The van der Waals surface area contributed by atoms with Gasteiger partial charge in [0.2, 0.25) is 0 Å². The Bertz CT molecular complexity index is 650. The van der Waals surface area contributed by atoms with Crippen LogP contribution in [0, 0.1) is 23.6 Å². The van der Waals surface area contributed by atoms with Crippen molar-refractivity contribution in [3.05, 3.63) is 35.0 Å². The van der Waals surface area contributed by atoms with E-state index in [1.165, 1.54) is 42.4 Å². The molecule has 112 valence electrons. The highest BCUT2D eigenvalue weighted by atomic mass is 32.1. The lowest BCUT2D eigenvalue weighted by Crippen LogP contribution is -2.21. The van der Waals surface area contributed by atoms with Gasteiger partial charge in [-0.25, -0.2) is 4.39 Å². The second-order valence-electron chi connectivity index (χ2n) is 6.84. The van der Waals surface area contributed by atoms with Crippen molar-refractivity contribution in [2.24, 2.45) is 17.8 Å². The van der Waals surface area contributed by atoms with Crippen molar-refractivity contribution in [1.29, 1.82) is 0 Å². The largest absolute Gasteiger partial charge is 0.312 e. The van der Waals surface area contributed by atoms with Crippen LogP contribution < -0.4 is 5.32 Å². The summed E-state index contributed by atoms with van der Waals surface area (Å²) in [6.07, 6.45) is 7.06. The minimum Gasteiger partial charge on any atom is -0.312 e. The Morgan fingerprint density at radius 2 is 2.19 bits per heavy atom. The summed E-state index contributed by atoms with van der Waals surface area (Å²) in [5.74, 6) is 2.74. The van der Waals surface area contributed by atoms with Crippen molar-refractivity contribution < 1.29 is 4.39 Å². The zero-order chi connectivity index (χ0) is 14.4. The molecule has 0 aliphatic heterocycles. The predicted molar refractivity (Wildman–Crippen MR) is 87.1 cm³/mol. The lowest BCUT2D eigenvalue weighted by molar-refractivity contribution is 0.285. The molecule has 0 spiro atoms. The SMILES string of the molecule is CNC(CC1CC2CCC1C2)c1cc2ccc(F)cc2s1. The van der Waals surface area contributed by atoms with Crippen LogP contribution in [0.3, 0.4) is 0 Å². The van der Waals surface area contributed by atoms with E-state index in [1.54, 1.807) is 23.5 Å². The third kappa shape index (κ3) is 2.51. The summed E-state index contributed by atoms with van der Waals surface area (Å²) in [6, 6.07) is 7.79. The van der Waals surface area contributed by atoms with Gasteiger partial charge in [-0.3, -0.25) is 0 Å². The fourth-order valence-electron chi connectivity index (χ4n) is 4.54. The molecule has 2 bridgehead atoms. The van der Waals surface area contributed by atoms with E-state index in [0.717, 1.165) is 22.5 Å². The summed E-state index contributed by atoms with van der Waals surface area (Å²) >= 11 is 1.75. The smallest absolute Gasteiger partial charge is 0.124 e. The number of fused-ring (bicyclic) bond motifs is 3. The molecule has 2 saturated carbocycles. The topological polar surface area (TPSA) is 12.0 Å². The second-order valence-corrected chi connectivity index (χ2v) is 7.96. The van der Waals surface area contributed by atoms with Crippen molar-refractivity contribution in [3.8, 4) is 0 Å². The van der Waals surface area contributed by atoms with Crippen LogP contribution in [0.2, 0.25) is 0 Å². The Kier molecular flexibility index (Phi) is 3.50. The van der Waals surface area contributed by atoms with Crippen molar-refractivity contribution in [2.75, 3.05) is 7.05 Å². The molecule has 4 rings (SSSR count). The first kappa shape index (κ1) is 13.7. The van der Waals surface area contributed by atoms with Gasteiger partial charge in [0.25, 0.3) is 0 Å². The van der Waals surface area contributed by atoms with Gasteiger partial charge in [-0.2, -0.15) is 0 Å². The molecule has 1 aromatic carbocycles. The first-order valence-electron chi connectivity index (χ1n) is 8.09. The van der Waals surface area contributed by atoms with E-state index >= 15 is 0 Å². The molecule has 4 unspecified atom stereocenters. The summed E-state index contributed by atoms with van der Waals surface area (Å²) in [4.78, 5) is 1.36. The van der Waals surface area contributed by atoms with Gasteiger partial charge in [-0.05, 0) is 74.1 Å². The predicted octanol–water partition coefficient (Wildman–Crippen LogP) is 5.13. The zero-order valence-corrected chi connectivity index (χ0v) is 13.3. The molecule has 3 heteroatoms. The molecular weight excluding hydrogens is 281 g/mol. The summed E-state index contributed by atoms with van der Waals surface area (Å²) in [5, 5.41) is 4.67. The fourth-order valence-corrected chi connectivity index (χ4v) is 5.75. The maximum Gasteiger partial charge on any atom is 0.124 e. The van der Waals surface area contributed by atoms with Crippen molar-refractivity contribution >= 4 is 21.4 Å². The van der Waals surface area contributed by atoms with E-state index in [4.69, 9.17) is 0 Å². The quantitative estimate of drug-likeness (QED) is 0.826. The van der Waals surface area contributed by atoms with E-state index in [-0.39, 0.29) is 5.82 Å². The lowest BCUT2D eigenvalue weighted by Gasteiger charge is -2.26. The number of hydrogen-bond acceptors (Lipinski definition) is 2. The van der Waals surface area contributed by atoms with Gasteiger partial charge in [0.1, 0.15) is 5.82 Å². The molecule has 0 radical (unpaired) electrons. The van der Waals surface area contributed by atoms with E-state index < -0.39 is 0 Å². The molecule has 2 aromatic rings. The summed E-state index contributed by atoms with van der Waals surface area (Å²) in [7, 11) is 2.06. The minimum absolute atomic E-state index is 0.134. The molecular formula is C18H22FNS. The van der Waals surface area contributed by atoms with Crippen LogP contribution in [0.15, 0.2) is 24.3 Å². The van der Waals surface area contributed by atoms with Crippen LogP contribution in [0.25, 0.3) is 10.1 Å². The fraction of sp³-hybridized carbons (Fsp3) is 0.556. The van der Waals surface area contributed by atoms with Crippen LogP contribution in [0.1, 0.15) is 43.0 Å². The summed E-state index contributed by atoms with van der Waals surface area (Å²) < 4.78 is 14.4. The average Bonchev–Trinajstić information content (AvgIpc) is 3.18. The number of benzene rings is 1. The van der Waals surface area contributed by atoms with E-state index in [9.17, 15) is 4.39 Å². The maximum absolute atomic E-state index is 13.3. The Morgan fingerprint density at radius 1 is 1.29 bits per heavy atom. The highest BCUT2D eigenvalue weighted by Gasteiger charge is 2.40.